The lowest BCUT2D eigenvalue weighted by atomic mass is 10.2. The summed E-state index contributed by atoms with van der Waals surface area (Å²) in [7, 11) is 0. The van der Waals surface area contributed by atoms with Crippen LogP contribution in [-0.4, -0.2) is 27.2 Å². The minimum absolute atomic E-state index is 0.227. The quantitative estimate of drug-likeness (QED) is 0.506. The van der Waals surface area contributed by atoms with Crippen LogP contribution in [0, 0.1) is 0 Å². The number of nitrogens with zero attached hydrogens (tertiary/aromatic N) is 3. The summed E-state index contributed by atoms with van der Waals surface area (Å²) in [5.74, 6) is 0.585. The maximum Gasteiger partial charge on any atom is 0.300 e. The lowest BCUT2D eigenvalue weighted by Crippen LogP contribution is -2.23. The molecule has 7 heteroatoms. The number of hydrogen-bond acceptors (Lipinski definition) is 6. The van der Waals surface area contributed by atoms with Gasteiger partial charge in [0.1, 0.15) is 11.6 Å². The van der Waals surface area contributed by atoms with Crippen LogP contribution in [0.5, 0.6) is 11.9 Å². The van der Waals surface area contributed by atoms with E-state index in [1.165, 1.54) is 6.07 Å². The maximum absolute atomic E-state index is 11.4. The molecular weight excluding hydrogens is 386 g/mol. The first-order valence-electron chi connectivity index (χ1n) is 9.25. The molecule has 2 aromatic carbocycles. The van der Waals surface area contributed by atoms with Crippen LogP contribution in [0.15, 0.2) is 77.7 Å². The topological polar surface area (TPSA) is 66.2 Å². The second-order valence-corrected chi connectivity index (χ2v) is 7.64. The van der Waals surface area contributed by atoms with Gasteiger partial charge in [0.25, 0.3) is 11.6 Å². The van der Waals surface area contributed by atoms with Gasteiger partial charge in [-0.25, -0.2) is 4.98 Å². The summed E-state index contributed by atoms with van der Waals surface area (Å²) in [6.45, 7) is 0.897. The zero-order valence-electron chi connectivity index (χ0n) is 15.4. The fraction of sp³-hybridized carbons (Fsp3) is 0.136. The molecule has 29 heavy (non-hydrogen) atoms. The summed E-state index contributed by atoms with van der Waals surface area (Å²) in [5.41, 5.74) is 1.80. The fourth-order valence-electron chi connectivity index (χ4n) is 3.19. The van der Waals surface area contributed by atoms with Crippen molar-refractivity contribution in [3.05, 3.63) is 83.3 Å². The van der Waals surface area contributed by atoms with E-state index in [0.29, 0.717) is 25.0 Å². The smallest absolute Gasteiger partial charge is 0.300 e. The standard InChI is InChI=1S/C22H17N3O3S/c26-18-11-12-25-13-17(28-22(25)23-18)14-27-20-19(15-7-3-1-4-8-15)29-21(24-20)16-9-5-2-6-10-16/h1-12,17H,13-14H2. The molecule has 0 spiro atoms. The number of hydrogen-bond donors (Lipinski definition) is 0. The number of benzene rings is 2. The molecule has 5 rings (SSSR count). The third-order valence-corrected chi connectivity index (χ3v) is 5.71. The van der Waals surface area contributed by atoms with E-state index in [1.54, 1.807) is 17.5 Å². The molecule has 1 atom stereocenters. The Morgan fingerprint density at radius 2 is 1.72 bits per heavy atom. The van der Waals surface area contributed by atoms with Crippen molar-refractivity contribution < 1.29 is 9.47 Å². The molecule has 0 saturated heterocycles. The zero-order chi connectivity index (χ0) is 19.6. The van der Waals surface area contributed by atoms with Crippen LogP contribution in [0.1, 0.15) is 0 Å². The van der Waals surface area contributed by atoms with Crippen molar-refractivity contribution in [1.82, 2.24) is 14.5 Å². The van der Waals surface area contributed by atoms with Gasteiger partial charge >= 0.3 is 0 Å². The third-order valence-electron chi connectivity index (χ3n) is 4.58. The molecule has 0 amide bonds. The molecular formula is C22H17N3O3S. The van der Waals surface area contributed by atoms with E-state index in [9.17, 15) is 4.79 Å². The second kappa shape index (κ2) is 7.52. The van der Waals surface area contributed by atoms with Gasteiger partial charge in [0, 0.05) is 17.8 Å². The van der Waals surface area contributed by atoms with Gasteiger partial charge in [0.2, 0.25) is 5.88 Å². The van der Waals surface area contributed by atoms with Crippen LogP contribution in [-0.2, 0) is 6.54 Å². The highest BCUT2D eigenvalue weighted by Gasteiger charge is 2.25. The Kier molecular flexibility index (Phi) is 4.57. The number of aromatic nitrogens is 3. The van der Waals surface area contributed by atoms with Crippen molar-refractivity contribution >= 4 is 11.3 Å². The van der Waals surface area contributed by atoms with Crippen molar-refractivity contribution in [2.75, 3.05) is 6.61 Å². The van der Waals surface area contributed by atoms with Crippen LogP contribution in [0.3, 0.4) is 0 Å². The van der Waals surface area contributed by atoms with Gasteiger partial charge in [-0.3, -0.25) is 9.36 Å². The largest absolute Gasteiger partial charge is 0.473 e. The molecule has 0 saturated carbocycles. The van der Waals surface area contributed by atoms with Gasteiger partial charge in [-0.1, -0.05) is 60.7 Å². The van der Waals surface area contributed by atoms with E-state index >= 15 is 0 Å². The summed E-state index contributed by atoms with van der Waals surface area (Å²) in [6.07, 6.45) is 1.46. The highest BCUT2D eigenvalue weighted by Crippen LogP contribution is 2.40. The van der Waals surface area contributed by atoms with Crippen LogP contribution in [0.2, 0.25) is 0 Å². The van der Waals surface area contributed by atoms with Gasteiger partial charge in [0.15, 0.2) is 6.10 Å². The Bertz CT molecular complexity index is 1190. The number of rotatable bonds is 5. The second-order valence-electron chi connectivity index (χ2n) is 6.64. The molecule has 3 heterocycles. The number of ether oxygens (including phenoxy) is 2. The van der Waals surface area contributed by atoms with Crippen molar-refractivity contribution in [1.29, 1.82) is 0 Å². The molecule has 6 nitrogen and oxygen atoms in total. The Morgan fingerprint density at radius 1 is 1.00 bits per heavy atom. The Balaban J connectivity index is 1.40. The first-order chi connectivity index (χ1) is 14.3. The number of fused-ring (bicyclic) bond motifs is 1. The first-order valence-corrected chi connectivity index (χ1v) is 10.1. The minimum atomic E-state index is -0.309. The molecule has 0 radical (unpaired) electrons. The van der Waals surface area contributed by atoms with Crippen LogP contribution in [0.4, 0.5) is 0 Å². The SMILES string of the molecule is O=c1ccn2c(n1)OC(COc1nc(-c3ccccc3)sc1-c1ccccc1)C2. The van der Waals surface area contributed by atoms with Crippen molar-refractivity contribution in [3.8, 4) is 32.9 Å². The molecule has 4 aromatic rings. The van der Waals surface area contributed by atoms with Gasteiger partial charge < -0.3 is 9.47 Å². The highest BCUT2D eigenvalue weighted by molar-refractivity contribution is 7.18. The van der Waals surface area contributed by atoms with E-state index in [-0.39, 0.29) is 11.7 Å². The van der Waals surface area contributed by atoms with Crippen molar-refractivity contribution in [2.45, 2.75) is 12.6 Å². The Morgan fingerprint density at radius 3 is 2.48 bits per heavy atom. The molecule has 0 N–H and O–H groups in total. The lowest BCUT2D eigenvalue weighted by Gasteiger charge is -2.10. The summed E-state index contributed by atoms with van der Waals surface area (Å²) in [5, 5.41) is 0.905. The molecule has 1 aliphatic heterocycles. The molecule has 1 aliphatic rings. The van der Waals surface area contributed by atoms with E-state index < -0.39 is 0 Å². The third kappa shape index (κ3) is 3.64. The van der Waals surface area contributed by atoms with Crippen molar-refractivity contribution in [2.24, 2.45) is 0 Å². The van der Waals surface area contributed by atoms with Crippen molar-refractivity contribution in [3.63, 3.8) is 0 Å². The zero-order valence-corrected chi connectivity index (χ0v) is 16.2. The average molecular weight is 403 g/mol. The Labute approximate surface area is 171 Å². The summed E-state index contributed by atoms with van der Waals surface area (Å²) in [4.78, 5) is 21.0. The predicted molar refractivity (Wildman–Crippen MR) is 111 cm³/mol. The number of thiazole rings is 1. The van der Waals surface area contributed by atoms with Gasteiger partial charge in [-0.2, -0.15) is 4.98 Å². The molecule has 144 valence electrons. The molecule has 2 aromatic heterocycles. The molecule has 0 fully saturated rings. The van der Waals surface area contributed by atoms with E-state index in [0.717, 1.165) is 21.0 Å². The van der Waals surface area contributed by atoms with E-state index in [4.69, 9.17) is 14.5 Å². The van der Waals surface area contributed by atoms with E-state index in [1.807, 2.05) is 65.2 Å². The summed E-state index contributed by atoms with van der Waals surface area (Å²) in [6, 6.07) is 21.9. The summed E-state index contributed by atoms with van der Waals surface area (Å²) >= 11 is 1.60. The average Bonchev–Trinajstić information content (AvgIpc) is 3.37. The van der Waals surface area contributed by atoms with Crippen LogP contribution < -0.4 is 15.0 Å². The van der Waals surface area contributed by atoms with Gasteiger partial charge in [-0.05, 0) is 5.56 Å². The normalized spacial score (nSPS) is 15.0. The predicted octanol–water partition coefficient (Wildman–Crippen LogP) is 3.87. The molecule has 1 unspecified atom stereocenters. The molecule has 0 aliphatic carbocycles. The van der Waals surface area contributed by atoms with Gasteiger partial charge in [-0.15, -0.1) is 11.3 Å². The lowest BCUT2D eigenvalue weighted by molar-refractivity contribution is 0.141. The Hall–Kier alpha value is -3.45. The highest BCUT2D eigenvalue weighted by atomic mass is 32.1. The first kappa shape index (κ1) is 17.6. The summed E-state index contributed by atoms with van der Waals surface area (Å²) < 4.78 is 13.7. The maximum atomic E-state index is 11.4. The minimum Gasteiger partial charge on any atom is -0.473 e. The fourth-order valence-corrected chi connectivity index (χ4v) is 4.21. The van der Waals surface area contributed by atoms with Crippen LogP contribution >= 0.6 is 11.3 Å². The van der Waals surface area contributed by atoms with Crippen LogP contribution in [0.25, 0.3) is 21.0 Å². The van der Waals surface area contributed by atoms with Gasteiger partial charge in [0.05, 0.1) is 11.4 Å². The monoisotopic (exact) mass is 403 g/mol. The van der Waals surface area contributed by atoms with E-state index in [2.05, 4.69) is 4.98 Å². The molecule has 0 bridgehead atoms.